The Morgan fingerprint density at radius 2 is 1.60 bits per heavy atom. The van der Waals surface area contributed by atoms with Crippen molar-refractivity contribution in [3.05, 3.63) is 87.5 Å². The predicted octanol–water partition coefficient (Wildman–Crippen LogP) is 2.98. The molecule has 6 N–H and O–H groups in total. The van der Waals surface area contributed by atoms with Crippen LogP contribution in [0, 0.1) is 10.1 Å². The highest BCUT2D eigenvalue weighted by Crippen LogP contribution is 2.44. The Hall–Kier alpha value is -5.54. The highest BCUT2D eigenvalue weighted by atomic mass is 16.6. The van der Waals surface area contributed by atoms with E-state index in [1.54, 1.807) is 0 Å². The van der Waals surface area contributed by atoms with Crippen molar-refractivity contribution in [3.63, 3.8) is 0 Å². The van der Waals surface area contributed by atoms with E-state index in [0.717, 1.165) is 28.3 Å². The summed E-state index contributed by atoms with van der Waals surface area (Å²) in [5.74, 6) is -2.22. The molecule has 1 aliphatic rings. The standard InChI is InChI=1S/C35H41N5O10/c1-21(26-17-29(47-2)30(18-28(26)40(45)46)48-16-8-13-31(41)39-34(36)35(37)44)50-32(42)14-7-15-38-19-33(43)49-20-27-24-11-5-3-9-22(24)23-10-4-6-12-25(23)27/h3-6,9-12,17-18,21,27,34,38H,7-8,13-16,19-20,36H2,1-2H3,(H2,37,44)(H,39,41). The third-order valence-electron chi connectivity index (χ3n) is 8.06. The molecule has 0 aliphatic heterocycles. The Balaban J connectivity index is 1.20. The maximum absolute atomic E-state index is 12.6. The number of nitro benzene ring substituents is 1. The molecule has 0 heterocycles. The number of nitrogens with one attached hydrogen (secondary N) is 2. The van der Waals surface area contributed by atoms with Gasteiger partial charge in [-0.15, -0.1) is 0 Å². The average molecular weight is 692 g/mol. The second-order valence-electron chi connectivity index (χ2n) is 11.5. The van der Waals surface area contributed by atoms with Crippen LogP contribution in [0.2, 0.25) is 0 Å². The van der Waals surface area contributed by atoms with Gasteiger partial charge in [-0.05, 0) is 54.6 Å². The van der Waals surface area contributed by atoms with Gasteiger partial charge in [0.05, 0.1) is 36.8 Å². The van der Waals surface area contributed by atoms with Crippen LogP contribution >= 0.6 is 0 Å². The van der Waals surface area contributed by atoms with Crippen molar-refractivity contribution >= 4 is 29.4 Å². The van der Waals surface area contributed by atoms with Gasteiger partial charge < -0.3 is 41.0 Å². The molecule has 0 aromatic heterocycles. The first-order chi connectivity index (χ1) is 24.0. The van der Waals surface area contributed by atoms with Crippen LogP contribution in [0.1, 0.15) is 61.3 Å². The van der Waals surface area contributed by atoms with Crippen LogP contribution in [0.4, 0.5) is 5.69 Å². The van der Waals surface area contributed by atoms with Crippen LogP contribution < -0.4 is 31.6 Å². The van der Waals surface area contributed by atoms with E-state index in [1.807, 2.05) is 36.4 Å². The number of nitrogens with two attached hydrogens (primary N) is 2. The van der Waals surface area contributed by atoms with Crippen LogP contribution in [0.5, 0.6) is 11.5 Å². The molecule has 50 heavy (non-hydrogen) atoms. The average Bonchev–Trinajstić information content (AvgIpc) is 3.41. The van der Waals surface area contributed by atoms with E-state index in [0.29, 0.717) is 13.0 Å². The maximum atomic E-state index is 12.6. The van der Waals surface area contributed by atoms with E-state index >= 15 is 0 Å². The number of primary amides is 1. The lowest BCUT2D eigenvalue weighted by atomic mass is 9.98. The lowest BCUT2D eigenvalue weighted by molar-refractivity contribution is -0.386. The van der Waals surface area contributed by atoms with Crippen LogP contribution in [0.3, 0.4) is 0 Å². The normalized spacial score (nSPS) is 12.9. The molecule has 3 aromatic rings. The molecule has 0 saturated heterocycles. The van der Waals surface area contributed by atoms with Gasteiger partial charge in [-0.2, -0.15) is 0 Å². The van der Waals surface area contributed by atoms with Gasteiger partial charge in [-0.25, -0.2) is 0 Å². The van der Waals surface area contributed by atoms with Gasteiger partial charge in [0.2, 0.25) is 5.91 Å². The largest absolute Gasteiger partial charge is 0.493 e. The summed E-state index contributed by atoms with van der Waals surface area (Å²) in [4.78, 5) is 59.1. The van der Waals surface area contributed by atoms with Gasteiger partial charge in [0, 0.05) is 18.8 Å². The molecule has 1 aliphatic carbocycles. The first-order valence-electron chi connectivity index (χ1n) is 16.1. The Morgan fingerprint density at radius 1 is 0.940 bits per heavy atom. The summed E-state index contributed by atoms with van der Waals surface area (Å²) in [5.41, 5.74) is 14.7. The van der Waals surface area contributed by atoms with Crippen molar-refractivity contribution in [2.24, 2.45) is 11.5 Å². The van der Waals surface area contributed by atoms with E-state index in [-0.39, 0.29) is 67.7 Å². The molecule has 2 unspecified atom stereocenters. The number of hydrogen-bond donors (Lipinski definition) is 4. The topological polar surface area (TPSA) is 224 Å². The Kier molecular flexibility index (Phi) is 13.2. The third kappa shape index (κ3) is 9.76. The first kappa shape index (κ1) is 37.3. The van der Waals surface area contributed by atoms with Crippen molar-refractivity contribution in [1.82, 2.24) is 10.6 Å². The SMILES string of the molecule is COc1cc(C(C)OC(=O)CCCNCC(=O)OCC2c3ccccc3-c3ccccc32)c([N+](=O)[O-])cc1OCCCC(=O)NC(N)C(N)=O. The maximum Gasteiger partial charge on any atom is 0.319 e. The zero-order valence-corrected chi connectivity index (χ0v) is 27.8. The van der Waals surface area contributed by atoms with Gasteiger partial charge in [0.25, 0.3) is 11.6 Å². The van der Waals surface area contributed by atoms with Crippen LogP contribution in [0.15, 0.2) is 60.7 Å². The van der Waals surface area contributed by atoms with Gasteiger partial charge in [-0.1, -0.05) is 48.5 Å². The second-order valence-corrected chi connectivity index (χ2v) is 11.5. The first-order valence-corrected chi connectivity index (χ1v) is 16.1. The minimum atomic E-state index is -1.31. The fraction of sp³-hybridized carbons (Fsp3) is 0.371. The summed E-state index contributed by atoms with van der Waals surface area (Å²) < 4.78 is 22.0. The Labute approximate surface area is 288 Å². The lowest BCUT2D eigenvalue weighted by Crippen LogP contribution is -2.50. The number of methoxy groups -OCH3 is 1. The van der Waals surface area contributed by atoms with Crippen molar-refractivity contribution in [3.8, 4) is 22.6 Å². The van der Waals surface area contributed by atoms with Gasteiger partial charge in [0.15, 0.2) is 17.7 Å². The molecule has 2 atom stereocenters. The Morgan fingerprint density at radius 3 is 2.22 bits per heavy atom. The second kappa shape index (κ2) is 17.7. The zero-order valence-electron chi connectivity index (χ0n) is 27.8. The smallest absolute Gasteiger partial charge is 0.319 e. The molecule has 3 aromatic carbocycles. The third-order valence-corrected chi connectivity index (χ3v) is 8.06. The molecular formula is C35H41N5O10. The number of carbonyl (C=O) groups excluding carboxylic acids is 4. The number of carbonyl (C=O) groups is 4. The number of fused-ring (bicyclic) bond motifs is 3. The molecule has 0 radical (unpaired) electrons. The van der Waals surface area contributed by atoms with E-state index in [1.165, 1.54) is 20.1 Å². The molecule has 15 nitrogen and oxygen atoms in total. The van der Waals surface area contributed by atoms with E-state index in [4.69, 9.17) is 30.4 Å². The number of benzene rings is 3. The monoisotopic (exact) mass is 691 g/mol. The van der Waals surface area contributed by atoms with Crippen LogP contribution in [-0.4, -0.2) is 68.3 Å². The fourth-order valence-corrected chi connectivity index (χ4v) is 5.59. The van der Waals surface area contributed by atoms with E-state index < -0.39 is 40.9 Å². The summed E-state index contributed by atoms with van der Waals surface area (Å²) >= 11 is 0. The summed E-state index contributed by atoms with van der Waals surface area (Å²) in [6.07, 6.45) is -1.78. The van der Waals surface area contributed by atoms with Crippen molar-refractivity contribution < 1.29 is 43.0 Å². The van der Waals surface area contributed by atoms with Crippen molar-refractivity contribution in [2.45, 2.75) is 50.8 Å². The number of nitrogens with zero attached hydrogens (tertiary/aromatic N) is 1. The number of ether oxygens (including phenoxy) is 4. The van der Waals surface area contributed by atoms with Gasteiger partial charge >= 0.3 is 11.9 Å². The molecule has 0 spiro atoms. The molecular weight excluding hydrogens is 650 g/mol. The number of nitro groups is 1. The van der Waals surface area contributed by atoms with Crippen molar-refractivity contribution in [1.29, 1.82) is 0 Å². The molecule has 266 valence electrons. The number of hydrogen-bond acceptors (Lipinski definition) is 12. The fourth-order valence-electron chi connectivity index (χ4n) is 5.59. The molecule has 2 amide bonds. The minimum Gasteiger partial charge on any atom is -0.493 e. The summed E-state index contributed by atoms with van der Waals surface area (Å²) in [5, 5.41) is 17.1. The molecule has 0 saturated carbocycles. The minimum absolute atomic E-state index is 0.00603. The van der Waals surface area contributed by atoms with Crippen LogP contribution in [0.25, 0.3) is 11.1 Å². The van der Waals surface area contributed by atoms with Gasteiger partial charge in [0.1, 0.15) is 12.7 Å². The summed E-state index contributed by atoms with van der Waals surface area (Å²) in [6, 6.07) is 18.7. The zero-order chi connectivity index (χ0) is 36.2. The van der Waals surface area contributed by atoms with E-state index in [9.17, 15) is 29.3 Å². The predicted molar refractivity (Wildman–Crippen MR) is 181 cm³/mol. The molecule has 0 bridgehead atoms. The van der Waals surface area contributed by atoms with Crippen LogP contribution in [-0.2, 0) is 28.7 Å². The van der Waals surface area contributed by atoms with Gasteiger partial charge in [-0.3, -0.25) is 29.3 Å². The quantitative estimate of drug-likeness (QED) is 0.0468. The summed E-state index contributed by atoms with van der Waals surface area (Å²) in [6.45, 7) is 2.03. The van der Waals surface area contributed by atoms with E-state index in [2.05, 4.69) is 22.8 Å². The highest BCUT2D eigenvalue weighted by Gasteiger charge is 2.29. The Bertz CT molecular complexity index is 1670. The van der Waals surface area contributed by atoms with Crippen molar-refractivity contribution in [2.75, 3.05) is 33.4 Å². The number of amides is 2. The highest BCUT2D eigenvalue weighted by molar-refractivity contribution is 5.86. The number of esters is 2. The molecule has 4 rings (SSSR count). The lowest BCUT2D eigenvalue weighted by Gasteiger charge is -2.17. The number of rotatable bonds is 19. The summed E-state index contributed by atoms with van der Waals surface area (Å²) in [7, 11) is 1.35. The molecule has 0 fully saturated rings. The molecule has 15 heteroatoms.